The maximum absolute atomic E-state index is 13.9. The number of nitrogens with one attached hydrogen (secondary N) is 2. The van der Waals surface area contributed by atoms with E-state index in [1.54, 1.807) is 39.0 Å². The molecule has 2 aromatic rings. The Hall–Kier alpha value is -2.90. The zero-order chi connectivity index (χ0) is 18.6. The summed E-state index contributed by atoms with van der Waals surface area (Å²) in [6.07, 6.45) is 0.210. The number of urea groups is 1. The van der Waals surface area contributed by atoms with Gasteiger partial charge in [-0.2, -0.15) is 0 Å². The summed E-state index contributed by atoms with van der Waals surface area (Å²) < 4.78 is 19.0. The fraction of sp³-hybridized carbons (Fsp3) is 0.353. The first kappa shape index (κ1) is 18.4. The van der Waals surface area contributed by atoms with Crippen LogP contribution in [0, 0.1) is 12.7 Å². The second-order valence-electron chi connectivity index (χ2n) is 6.32. The Morgan fingerprint density at radius 2 is 2.00 bits per heavy atom. The first-order valence-electron chi connectivity index (χ1n) is 7.72. The predicted octanol–water partition coefficient (Wildman–Crippen LogP) is 3.55. The number of carboxylic acids is 1. The Labute approximate surface area is 144 Å². The fourth-order valence-electron chi connectivity index (χ4n) is 2.28. The fourth-order valence-corrected chi connectivity index (χ4v) is 2.28. The van der Waals surface area contributed by atoms with Crippen molar-refractivity contribution < 1.29 is 23.6 Å². The minimum Gasteiger partial charge on any atom is -0.481 e. The van der Waals surface area contributed by atoms with E-state index in [2.05, 4.69) is 15.8 Å². The molecule has 0 atom stereocenters. The average Bonchev–Trinajstić information content (AvgIpc) is 2.86. The number of hydrogen-bond donors (Lipinski definition) is 3. The van der Waals surface area contributed by atoms with Gasteiger partial charge in [0.2, 0.25) is 0 Å². The van der Waals surface area contributed by atoms with Crippen LogP contribution < -0.4 is 10.6 Å². The summed E-state index contributed by atoms with van der Waals surface area (Å²) in [4.78, 5) is 22.8. The van der Waals surface area contributed by atoms with Crippen LogP contribution in [0.1, 0.15) is 32.3 Å². The largest absolute Gasteiger partial charge is 0.481 e. The van der Waals surface area contributed by atoms with E-state index in [-0.39, 0.29) is 30.0 Å². The van der Waals surface area contributed by atoms with Crippen molar-refractivity contribution >= 4 is 17.8 Å². The van der Waals surface area contributed by atoms with Crippen LogP contribution >= 0.6 is 0 Å². The maximum Gasteiger partial charge on any atom is 0.320 e. The highest BCUT2D eigenvalue weighted by molar-refractivity contribution is 5.90. The Morgan fingerprint density at radius 3 is 2.64 bits per heavy atom. The summed E-state index contributed by atoms with van der Waals surface area (Å²) >= 11 is 0. The molecule has 0 bridgehead atoms. The third-order valence-corrected chi connectivity index (χ3v) is 3.69. The van der Waals surface area contributed by atoms with E-state index >= 15 is 0 Å². The third-order valence-electron chi connectivity index (χ3n) is 3.69. The Bertz CT molecular complexity index is 786. The first-order chi connectivity index (χ1) is 11.7. The highest BCUT2D eigenvalue weighted by Crippen LogP contribution is 2.30. The molecule has 8 heteroatoms. The molecule has 0 aliphatic carbocycles. The van der Waals surface area contributed by atoms with Crippen molar-refractivity contribution in [2.75, 3.05) is 5.32 Å². The standard InChI is InChI=1S/C17H20FN3O4/c1-10-14(11-6-4-5-7-12(11)18)25-21-15(10)19-16(24)20-17(2,3)9-8-13(22)23/h4-7H,8-9H2,1-3H3,(H,22,23)(H2,19,20,21,24). The van der Waals surface area contributed by atoms with Crippen LogP contribution in [-0.4, -0.2) is 27.8 Å². The summed E-state index contributed by atoms with van der Waals surface area (Å²) in [6, 6.07) is 5.55. The first-order valence-corrected chi connectivity index (χ1v) is 7.72. The van der Waals surface area contributed by atoms with Crippen LogP contribution in [0.15, 0.2) is 28.8 Å². The third kappa shape index (κ3) is 4.79. The number of aliphatic carboxylic acids is 1. The van der Waals surface area contributed by atoms with Gasteiger partial charge in [0.15, 0.2) is 11.6 Å². The molecule has 0 saturated carbocycles. The number of nitrogens with zero attached hydrogens (tertiary/aromatic N) is 1. The lowest BCUT2D eigenvalue weighted by atomic mass is 9.99. The highest BCUT2D eigenvalue weighted by Gasteiger charge is 2.23. The molecule has 3 N–H and O–H groups in total. The summed E-state index contributed by atoms with van der Waals surface area (Å²) in [7, 11) is 0. The van der Waals surface area contributed by atoms with Crippen molar-refractivity contribution in [2.45, 2.75) is 39.2 Å². The van der Waals surface area contributed by atoms with Crippen LogP contribution in [0.4, 0.5) is 15.0 Å². The minimum absolute atomic E-state index is 0.0618. The van der Waals surface area contributed by atoms with Crippen molar-refractivity contribution in [3.8, 4) is 11.3 Å². The maximum atomic E-state index is 13.9. The molecule has 1 heterocycles. The van der Waals surface area contributed by atoms with Crippen molar-refractivity contribution in [3.05, 3.63) is 35.6 Å². The molecule has 1 aromatic heterocycles. The van der Waals surface area contributed by atoms with Crippen LogP contribution in [-0.2, 0) is 4.79 Å². The van der Waals surface area contributed by atoms with Gasteiger partial charge in [0.1, 0.15) is 5.82 Å². The molecule has 0 aliphatic heterocycles. The molecule has 0 radical (unpaired) electrons. The number of rotatable bonds is 6. The lowest BCUT2D eigenvalue weighted by Crippen LogP contribution is -2.45. The average molecular weight is 349 g/mol. The van der Waals surface area contributed by atoms with Gasteiger partial charge in [-0.05, 0) is 39.3 Å². The van der Waals surface area contributed by atoms with Gasteiger partial charge in [0.05, 0.1) is 5.56 Å². The van der Waals surface area contributed by atoms with E-state index in [0.29, 0.717) is 5.56 Å². The van der Waals surface area contributed by atoms with E-state index < -0.39 is 23.4 Å². The number of hydrogen-bond acceptors (Lipinski definition) is 4. The summed E-state index contributed by atoms with van der Waals surface area (Å²) in [5.41, 5.74) is 0.0282. The molecule has 0 unspecified atom stereocenters. The van der Waals surface area contributed by atoms with Gasteiger partial charge in [0, 0.05) is 17.5 Å². The number of halogens is 1. The topological polar surface area (TPSA) is 104 Å². The zero-order valence-corrected chi connectivity index (χ0v) is 14.2. The van der Waals surface area contributed by atoms with Crippen molar-refractivity contribution in [1.82, 2.24) is 10.5 Å². The summed E-state index contributed by atoms with van der Waals surface area (Å²) in [5.74, 6) is -0.979. The van der Waals surface area contributed by atoms with E-state index in [1.165, 1.54) is 6.07 Å². The molecule has 7 nitrogen and oxygen atoms in total. The number of benzene rings is 1. The Morgan fingerprint density at radius 1 is 1.32 bits per heavy atom. The van der Waals surface area contributed by atoms with Gasteiger partial charge in [-0.15, -0.1) is 0 Å². The van der Waals surface area contributed by atoms with Crippen LogP contribution in [0.3, 0.4) is 0 Å². The lowest BCUT2D eigenvalue weighted by Gasteiger charge is -2.25. The number of anilines is 1. The second kappa shape index (κ2) is 7.33. The number of aromatic nitrogens is 1. The van der Waals surface area contributed by atoms with Gasteiger partial charge in [0.25, 0.3) is 0 Å². The number of carbonyl (C=O) groups is 2. The van der Waals surface area contributed by atoms with E-state index in [1.807, 2.05) is 0 Å². The van der Waals surface area contributed by atoms with Crippen LogP contribution in [0.25, 0.3) is 11.3 Å². The molecule has 0 aliphatic rings. The molecule has 2 rings (SSSR count). The molecule has 0 fully saturated rings. The minimum atomic E-state index is -0.933. The highest BCUT2D eigenvalue weighted by atomic mass is 19.1. The summed E-state index contributed by atoms with van der Waals surface area (Å²) in [6.45, 7) is 5.09. The molecule has 0 spiro atoms. The molecule has 134 valence electrons. The SMILES string of the molecule is Cc1c(NC(=O)NC(C)(C)CCC(=O)O)noc1-c1ccccc1F. The number of amides is 2. The molecular formula is C17H20FN3O4. The molecule has 25 heavy (non-hydrogen) atoms. The van der Waals surface area contributed by atoms with Crippen molar-refractivity contribution in [3.63, 3.8) is 0 Å². The van der Waals surface area contributed by atoms with Gasteiger partial charge < -0.3 is 14.9 Å². The monoisotopic (exact) mass is 349 g/mol. The van der Waals surface area contributed by atoms with Crippen LogP contribution in [0.2, 0.25) is 0 Å². The van der Waals surface area contributed by atoms with Gasteiger partial charge in [-0.3, -0.25) is 10.1 Å². The van der Waals surface area contributed by atoms with E-state index in [4.69, 9.17) is 9.63 Å². The van der Waals surface area contributed by atoms with Gasteiger partial charge >= 0.3 is 12.0 Å². The Balaban J connectivity index is 2.08. The van der Waals surface area contributed by atoms with Gasteiger partial charge in [-0.1, -0.05) is 17.3 Å². The van der Waals surface area contributed by atoms with Gasteiger partial charge in [-0.25, -0.2) is 9.18 Å². The molecule has 0 saturated heterocycles. The van der Waals surface area contributed by atoms with E-state index in [0.717, 1.165) is 0 Å². The smallest absolute Gasteiger partial charge is 0.320 e. The van der Waals surface area contributed by atoms with E-state index in [9.17, 15) is 14.0 Å². The summed E-state index contributed by atoms with van der Waals surface area (Å²) in [5, 5.41) is 17.7. The predicted molar refractivity (Wildman–Crippen MR) is 89.7 cm³/mol. The Kier molecular flexibility index (Phi) is 5.41. The molecule has 1 aromatic carbocycles. The molecule has 2 amide bonds. The lowest BCUT2D eigenvalue weighted by molar-refractivity contribution is -0.137. The van der Waals surface area contributed by atoms with Crippen molar-refractivity contribution in [1.29, 1.82) is 0 Å². The van der Waals surface area contributed by atoms with Crippen LogP contribution in [0.5, 0.6) is 0 Å². The number of carbonyl (C=O) groups excluding carboxylic acids is 1. The molecular weight excluding hydrogens is 329 g/mol. The zero-order valence-electron chi connectivity index (χ0n) is 14.2. The van der Waals surface area contributed by atoms with Crippen molar-refractivity contribution in [2.24, 2.45) is 0 Å². The quantitative estimate of drug-likeness (QED) is 0.740. The number of carboxylic acid groups (broad SMARTS) is 1. The second-order valence-corrected chi connectivity index (χ2v) is 6.32. The normalized spacial score (nSPS) is 11.2.